The number of hydrogen-bond acceptors (Lipinski definition) is 6. The number of aryl methyl sites for hydroxylation is 1. The summed E-state index contributed by atoms with van der Waals surface area (Å²) in [5.74, 6) is 2.90. The topological polar surface area (TPSA) is 73.6 Å². The molecule has 0 atom stereocenters. The smallest absolute Gasteiger partial charge is 0.226 e. The molecule has 1 saturated carbocycles. The van der Waals surface area contributed by atoms with E-state index in [1.165, 1.54) is 12.8 Å². The largest absolute Gasteiger partial charge is 0.493 e. The molecule has 7 heteroatoms. The lowest BCUT2D eigenvalue weighted by Crippen LogP contribution is -2.10. The van der Waals surface area contributed by atoms with Gasteiger partial charge < -0.3 is 14.8 Å². The summed E-state index contributed by atoms with van der Waals surface area (Å²) in [5.41, 5.74) is 1.62. The summed E-state index contributed by atoms with van der Waals surface area (Å²) in [4.78, 5) is 9.48. The molecule has 1 aliphatic carbocycles. The van der Waals surface area contributed by atoms with Gasteiger partial charge in [0.15, 0.2) is 23.0 Å². The summed E-state index contributed by atoms with van der Waals surface area (Å²) in [7, 11) is 3.26. The van der Waals surface area contributed by atoms with Crippen molar-refractivity contribution in [3.05, 3.63) is 18.0 Å². The van der Waals surface area contributed by atoms with Crippen LogP contribution >= 0.6 is 0 Å². The first-order valence-electron chi connectivity index (χ1n) is 8.31. The molecule has 2 aromatic heterocycles. The van der Waals surface area contributed by atoms with E-state index in [1.807, 2.05) is 16.6 Å². The van der Waals surface area contributed by atoms with Gasteiger partial charge in [-0.3, -0.25) is 0 Å². The molecule has 0 unspecified atom stereocenters. The summed E-state index contributed by atoms with van der Waals surface area (Å²) in [5, 5.41) is 9.00. The van der Waals surface area contributed by atoms with Crippen LogP contribution in [0.2, 0.25) is 0 Å². The van der Waals surface area contributed by atoms with Gasteiger partial charge in [0, 0.05) is 23.9 Å². The minimum Gasteiger partial charge on any atom is -0.493 e. The second kappa shape index (κ2) is 5.81. The van der Waals surface area contributed by atoms with Crippen LogP contribution in [0.1, 0.15) is 32.0 Å². The summed E-state index contributed by atoms with van der Waals surface area (Å²) in [6, 6.07) is 4.29. The number of methoxy groups -OCH3 is 2. The van der Waals surface area contributed by atoms with E-state index in [9.17, 15) is 0 Å². The molecule has 7 nitrogen and oxygen atoms in total. The Kier molecular flexibility index (Phi) is 3.63. The first-order chi connectivity index (χ1) is 11.7. The standard InChI is InChI=1S/C17H21N5O2/c1-4-5-15-20-16-11-8-13(23-2)14(24-3)9-12(11)19-17(22(16)21-15)18-10-6-7-10/h8-10H,4-7H2,1-3H3,(H,18,19). The van der Waals surface area contributed by atoms with Crippen LogP contribution in [0.5, 0.6) is 11.5 Å². The van der Waals surface area contributed by atoms with E-state index in [0.29, 0.717) is 17.5 Å². The molecule has 0 aliphatic heterocycles. The predicted molar refractivity (Wildman–Crippen MR) is 92.0 cm³/mol. The number of nitrogens with zero attached hydrogens (tertiary/aromatic N) is 4. The Morgan fingerprint density at radius 1 is 1.17 bits per heavy atom. The third-order valence-corrected chi connectivity index (χ3v) is 4.20. The quantitative estimate of drug-likeness (QED) is 0.750. The van der Waals surface area contributed by atoms with Crippen LogP contribution < -0.4 is 14.8 Å². The van der Waals surface area contributed by atoms with Crippen molar-refractivity contribution in [1.82, 2.24) is 19.6 Å². The highest BCUT2D eigenvalue weighted by molar-refractivity contribution is 5.94. The lowest BCUT2D eigenvalue weighted by atomic mass is 10.2. The lowest BCUT2D eigenvalue weighted by Gasteiger charge is -2.11. The number of rotatable bonds is 6. The molecule has 0 spiro atoms. The number of aromatic nitrogens is 4. The van der Waals surface area contributed by atoms with Crippen molar-refractivity contribution < 1.29 is 9.47 Å². The Bertz CT molecular complexity index is 901. The molecule has 24 heavy (non-hydrogen) atoms. The molecule has 0 radical (unpaired) electrons. The van der Waals surface area contributed by atoms with Gasteiger partial charge in [0.1, 0.15) is 0 Å². The monoisotopic (exact) mass is 327 g/mol. The minimum atomic E-state index is 0.483. The number of benzene rings is 1. The van der Waals surface area contributed by atoms with E-state index in [1.54, 1.807) is 14.2 Å². The first-order valence-corrected chi connectivity index (χ1v) is 8.31. The average molecular weight is 327 g/mol. The number of hydrogen-bond donors (Lipinski definition) is 1. The van der Waals surface area contributed by atoms with Crippen LogP contribution in [0.3, 0.4) is 0 Å². The van der Waals surface area contributed by atoms with Crippen molar-refractivity contribution in [2.75, 3.05) is 19.5 Å². The first kappa shape index (κ1) is 15.0. The van der Waals surface area contributed by atoms with Crippen molar-refractivity contribution in [3.63, 3.8) is 0 Å². The van der Waals surface area contributed by atoms with Gasteiger partial charge in [-0.1, -0.05) is 6.92 Å². The average Bonchev–Trinajstić information content (AvgIpc) is 3.30. The van der Waals surface area contributed by atoms with Crippen molar-refractivity contribution >= 4 is 22.5 Å². The highest BCUT2D eigenvalue weighted by Crippen LogP contribution is 2.34. The van der Waals surface area contributed by atoms with Crippen LogP contribution in [-0.2, 0) is 6.42 Å². The second-order valence-electron chi connectivity index (χ2n) is 6.09. The number of anilines is 1. The zero-order valence-corrected chi connectivity index (χ0v) is 14.2. The third-order valence-electron chi connectivity index (χ3n) is 4.20. The molecule has 1 N–H and O–H groups in total. The van der Waals surface area contributed by atoms with Gasteiger partial charge in [0.2, 0.25) is 5.95 Å². The van der Waals surface area contributed by atoms with Crippen molar-refractivity contribution in [3.8, 4) is 11.5 Å². The number of fused-ring (bicyclic) bond motifs is 3. The fourth-order valence-electron chi connectivity index (χ4n) is 2.81. The molecule has 126 valence electrons. The molecule has 1 aliphatic rings. The molecule has 2 heterocycles. The third kappa shape index (κ3) is 2.50. The summed E-state index contributed by atoms with van der Waals surface area (Å²) in [6.45, 7) is 2.12. The summed E-state index contributed by atoms with van der Waals surface area (Å²) in [6.07, 6.45) is 4.19. The van der Waals surface area contributed by atoms with Gasteiger partial charge >= 0.3 is 0 Å². The van der Waals surface area contributed by atoms with E-state index in [2.05, 4.69) is 17.3 Å². The molecule has 0 saturated heterocycles. The van der Waals surface area contributed by atoms with Crippen molar-refractivity contribution in [2.45, 2.75) is 38.6 Å². The summed E-state index contributed by atoms with van der Waals surface area (Å²) >= 11 is 0. The van der Waals surface area contributed by atoms with Crippen LogP contribution in [0.15, 0.2) is 12.1 Å². The van der Waals surface area contributed by atoms with Gasteiger partial charge in [-0.05, 0) is 25.3 Å². The Balaban J connectivity index is 1.98. The number of nitrogens with one attached hydrogen (secondary N) is 1. The van der Waals surface area contributed by atoms with E-state index in [0.717, 1.165) is 41.2 Å². The second-order valence-corrected chi connectivity index (χ2v) is 6.09. The van der Waals surface area contributed by atoms with Gasteiger partial charge in [-0.15, -0.1) is 5.10 Å². The van der Waals surface area contributed by atoms with Crippen molar-refractivity contribution in [1.29, 1.82) is 0 Å². The molecule has 0 amide bonds. The molecule has 4 rings (SSSR count). The van der Waals surface area contributed by atoms with E-state index in [-0.39, 0.29) is 0 Å². The lowest BCUT2D eigenvalue weighted by molar-refractivity contribution is 0.356. The summed E-state index contributed by atoms with van der Waals surface area (Å²) < 4.78 is 12.6. The van der Waals surface area contributed by atoms with Crippen LogP contribution in [0.4, 0.5) is 5.95 Å². The molecule has 1 aromatic carbocycles. The Labute approximate surface area is 140 Å². The van der Waals surface area contributed by atoms with Gasteiger partial charge in [0.25, 0.3) is 0 Å². The Hall–Kier alpha value is -2.57. The Morgan fingerprint density at radius 2 is 1.92 bits per heavy atom. The van der Waals surface area contributed by atoms with Gasteiger partial charge in [-0.25, -0.2) is 9.97 Å². The molecular weight excluding hydrogens is 306 g/mol. The SMILES string of the molecule is CCCc1nc2c3cc(OC)c(OC)cc3nc(NC3CC3)n2n1. The molecule has 0 bridgehead atoms. The van der Waals surface area contributed by atoms with Gasteiger partial charge in [0.05, 0.1) is 19.7 Å². The normalized spacial score (nSPS) is 14.3. The highest BCUT2D eigenvalue weighted by Gasteiger charge is 2.24. The van der Waals surface area contributed by atoms with E-state index >= 15 is 0 Å². The van der Waals surface area contributed by atoms with E-state index in [4.69, 9.17) is 19.4 Å². The van der Waals surface area contributed by atoms with E-state index < -0.39 is 0 Å². The molecule has 3 aromatic rings. The number of ether oxygens (including phenoxy) is 2. The van der Waals surface area contributed by atoms with Crippen LogP contribution in [0, 0.1) is 0 Å². The Morgan fingerprint density at radius 3 is 2.58 bits per heavy atom. The van der Waals surface area contributed by atoms with Crippen molar-refractivity contribution in [2.24, 2.45) is 0 Å². The zero-order valence-electron chi connectivity index (χ0n) is 14.2. The maximum atomic E-state index is 5.43. The highest BCUT2D eigenvalue weighted by atomic mass is 16.5. The molecular formula is C17H21N5O2. The fraction of sp³-hybridized carbons (Fsp3) is 0.471. The van der Waals surface area contributed by atoms with Gasteiger partial charge in [-0.2, -0.15) is 4.52 Å². The van der Waals surface area contributed by atoms with Crippen LogP contribution in [0.25, 0.3) is 16.6 Å². The van der Waals surface area contributed by atoms with Crippen LogP contribution in [-0.4, -0.2) is 39.8 Å². The maximum Gasteiger partial charge on any atom is 0.226 e. The maximum absolute atomic E-state index is 5.43. The zero-order chi connectivity index (χ0) is 16.7. The predicted octanol–water partition coefficient (Wildman–Crippen LogP) is 2.82. The minimum absolute atomic E-state index is 0.483. The molecule has 1 fully saturated rings. The fourth-order valence-corrected chi connectivity index (χ4v) is 2.81.